The van der Waals surface area contributed by atoms with Crippen LogP contribution >= 0.6 is 0 Å². The third-order valence-electron chi connectivity index (χ3n) is 3.70. The quantitative estimate of drug-likeness (QED) is 0.816. The van der Waals surface area contributed by atoms with Crippen molar-refractivity contribution >= 4 is 17.4 Å². The standard InChI is InChI=1S/C17H19N3O2/c1-22-16-6-4-14(5-7-16)19-17(21)20-15-3-2-13-11-18-9-8-12(13)10-15/h2-7,10,18H,8-9,11H2,1H3,(H2,19,20,21). The molecule has 0 saturated heterocycles. The first-order valence-electron chi connectivity index (χ1n) is 7.29. The summed E-state index contributed by atoms with van der Waals surface area (Å²) >= 11 is 0. The minimum atomic E-state index is -0.251. The van der Waals surface area contributed by atoms with Gasteiger partial charge in [0.05, 0.1) is 7.11 Å². The maximum absolute atomic E-state index is 12.0. The molecule has 5 heteroatoms. The first-order chi connectivity index (χ1) is 10.7. The average Bonchev–Trinajstić information content (AvgIpc) is 2.55. The van der Waals surface area contributed by atoms with Crippen LogP contribution in [0, 0.1) is 0 Å². The van der Waals surface area contributed by atoms with E-state index in [2.05, 4.69) is 22.0 Å². The topological polar surface area (TPSA) is 62.4 Å². The predicted octanol–water partition coefficient (Wildman–Crippen LogP) is 2.98. The summed E-state index contributed by atoms with van der Waals surface area (Å²) in [6.45, 7) is 1.88. The number of fused-ring (bicyclic) bond motifs is 1. The Morgan fingerprint density at radius 2 is 1.77 bits per heavy atom. The molecule has 2 aromatic rings. The molecule has 0 bridgehead atoms. The van der Waals surface area contributed by atoms with Gasteiger partial charge in [0.1, 0.15) is 5.75 Å². The number of ether oxygens (including phenoxy) is 1. The van der Waals surface area contributed by atoms with E-state index in [1.165, 1.54) is 11.1 Å². The first-order valence-corrected chi connectivity index (χ1v) is 7.29. The summed E-state index contributed by atoms with van der Waals surface area (Å²) in [6.07, 6.45) is 0.991. The van der Waals surface area contributed by atoms with Gasteiger partial charge in [-0.25, -0.2) is 4.79 Å². The molecule has 3 N–H and O–H groups in total. The van der Waals surface area contributed by atoms with Gasteiger partial charge in [-0.3, -0.25) is 0 Å². The third-order valence-corrected chi connectivity index (χ3v) is 3.70. The van der Waals surface area contributed by atoms with Gasteiger partial charge in [0.2, 0.25) is 0 Å². The summed E-state index contributed by atoms with van der Waals surface area (Å²) in [6, 6.07) is 13.0. The molecule has 114 valence electrons. The van der Waals surface area contributed by atoms with Crippen molar-refractivity contribution in [3.63, 3.8) is 0 Å². The smallest absolute Gasteiger partial charge is 0.323 e. The van der Waals surface area contributed by atoms with Crippen molar-refractivity contribution in [1.29, 1.82) is 0 Å². The summed E-state index contributed by atoms with van der Waals surface area (Å²) in [5, 5.41) is 9.00. The maximum atomic E-state index is 12.0. The van der Waals surface area contributed by atoms with Gasteiger partial charge in [0.25, 0.3) is 0 Å². The molecule has 2 aromatic carbocycles. The van der Waals surface area contributed by atoms with E-state index < -0.39 is 0 Å². The van der Waals surface area contributed by atoms with Crippen molar-refractivity contribution in [3.8, 4) is 5.75 Å². The fourth-order valence-corrected chi connectivity index (χ4v) is 2.52. The van der Waals surface area contributed by atoms with Crippen LogP contribution in [0.2, 0.25) is 0 Å². The molecule has 3 rings (SSSR count). The minimum Gasteiger partial charge on any atom is -0.497 e. The highest BCUT2D eigenvalue weighted by atomic mass is 16.5. The zero-order chi connectivity index (χ0) is 15.4. The normalized spacial score (nSPS) is 13.1. The zero-order valence-corrected chi connectivity index (χ0v) is 12.5. The molecule has 0 fully saturated rings. The van der Waals surface area contributed by atoms with Crippen LogP contribution in [0.15, 0.2) is 42.5 Å². The van der Waals surface area contributed by atoms with Crippen LogP contribution in [0.4, 0.5) is 16.2 Å². The number of carbonyl (C=O) groups excluding carboxylic acids is 1. The number of carbonyl (C=O) groups is 1. The van der Waals surface area contributed by atoms with Gasteiger partial charge in [0.15, 0.2) is 0 Å². The lowest BCUT2D eigenvalue weighted by atomic mass is 10.0. The van der Waals surface area contributed by atoms with Crippen LogP contribution in [-0.4, -0.2) is 19.7 Å². The van der Waals surface area contributed by atoms with E-state index in [9.17, 15) is 4.79 Å². The van der Waals surface area contributed by atoms with E-state index in [0.717, 1.165) is 36.6 Å². The number of anilines is 2. The molecule has 0 aromatic heterocycles. The number of urea groups is 1. The van der Waals surface area contributed by atoms with Crippen molar-refractivity contribution in [3.05, 3.63) is 53.6 Å². The number of rotatable bonds is 3. The molecule has 0 unspecified atom stereocenters. The van der Waals surface area contributed by atoms with E-state index in [0.29, 0.717) is 0 Å². The van der Waals surface area contributed by atoms with Crippen LogP contribution in [-0.2, 0) is 13.0 Å². The largest absolute Gasteiger partial charge is 0.497 e. The Bertz CT molecular complexity index is 668. The Balaban J connectivity index is 1.63. The van der Waals surface area contributed by atoms with E-state index >= 15 is 0 Å². The van der Waals surface area contributed by atoms with Gasteiger partial charge in [-0.1, -0.05) is 6.07 Å². The summed E-state index contributed by atoms with van der Waals surface area (Å²) in [5.74, 6) is 0.759. The molecule has 0 spiro atoms. The third kappa shape index (κ3) is 3.38. The van der Waals surface area contributed by atoms with Crippen LogP contribution in [0.3, 0.4) is 0 Å². The number of hydrogen-bond acceptors (Lipinski definition) is 3. The monoisotopic (exact) mass is 297 g/mol. The van der Waals surface area contributed by atoms with Gasteiger partial charge in [-0.15, -0.1) is 0 Å². The van der Waals surface area contributed by atoms with Gasteiger partial charge in [-0.2, -0.15) is 0 Å². The predicted molar refractivity (Wildman–Crippen MR) is 87.5 cm³/mol. The number of methoxy groups -OCH3 is 1. The fourth-order valence-electron chi connectivity index (χ4n) is 2.52. The van der Waals surface area contributed by atoms with E-state index in [-0.39, 0.29) is 6.03 Å². The molecule has 0 saturated carbocycles. The molecule has 1 heterocycles. The maximum Gasteiger partial charge on any atom is 0.323 e. The van der Waals surface area contributed by atoms with Crippen LogP contribution in [0.25, 0.3) is 0 Å². The molecule has 22 heavy (non-hydrogen) atoms. The van der Waals surface area contributed by atoms with Gasteiger partial charge in [-0.05, 0) is 60.5 Å². The molecule has 0 aliphatic carbocycles. The molecular weight excluding hydrogens is 278 g/mol. The lowest BCUT2D eigenvalue weighted by molar-refractivity contribution is 0.262. The SMILES string of the molecule is COc1ccc(NC(=O)Nc2ccc3c(c2)CCNC3)cc1. The first kappa shape index (κ1) is 14.4. The summed E-state index contributed by atoms with van der Waals surface area (Å²) in [7, 11) is 1.61. The molecule has 1 aliphatic rings. The van der Waals surface area contributed by atoms with Crippen LogP contribution in [0.5, 0.6) is 5.75 Å². The van der Waals surface area contributed by atoms with Gasteiger partial charge < -0.3 is 20.7 Å². The Morgan fingerprint density at radius 3 is 2.55 bits per heavy atom. The lowest BCUT2D eigenvalue weighted by Gasteiger charge is -2.18. The molecule has 0 radical (unpaired) electrons. The Morgan fingerprint density at radius 1 is 1.05 bits per heavy atom. The van der Waals surface area contributed by atoms with Gasteiger partial charge >= 0.3 is 6.03 Å². The van der Waals surface area contributed by atoms with Crippen molar-refractivity contribution in [2.24, 2.45) is 0 Å². The van der Waals surface area contributed by atoms with E-state index in [1.807, 2.05) is 24.3 Å². The van der Waals surface area contributed by atoms with Crippen molar-refractivity contribution in [2.45, 2.75) is 13.0 Å². The highest BCUT2D eigenvalue weighted by Crippen LogP contribution is 2.20. The minimum absolute atomic E-state index is 0.251. The highest BCUT2D eigenvalue weighted by molar-refractivity contribution is 5.99. The van der Waals surface area contributed by atoms with Crippen LogP contribution < -0.4 is 20.7 Å². The van der Waals surface area contributed by atoms with E-state index in [4.69, 9.17) is 4.74 Å². The highest BCUT2D eigenvalue weighted by Gasteiger charge is 2.10. The number of amides is 2. The van der Waals surface area contributed by atoms with E-state index in [1.54, 1.807) is 19.2 Å². The summed E-state index contributed by atoms with van der Waals surface area (Å²) in [5.41, 5.74) is 4.13. The fraction of sp³-hybridized carbons (Fsp3) is 0.235. The number of benzene rings is 2. The Kier molecular flexibility index (Phi) is 4.25. The molecule has 2 amide bonds. The number of nitrogens with one attached hydrogen (secondary N) is 3. The Hall–Kier alpha value is -2.53. The van der Waals surface area contributed by atoms with Gasteiger partial charge in [0, 0.05) is 17.9 Å². The summed E-state index contributed by atoms with van der Waals surface area (Å²) < 4.78 is 5.09. The zero-order valence-electron chi connectivity index (χ0n) is 12.5. The van der Waals surface area contributed by atoms with Crippen molar-refractivity contribution in [1.82, 2.24) is 5.32 Å². The van der Waals surface area contributed by atoms with Crippen molar-refractivity contribution in [2.75, 3.05) is 24.3 Å². The average molecular weight is 297 g/mol. The Labute approximate surface area is 129 Å². The second-order valence-corrected chi connectivity index (χ2v) is 5.22. The second-order valence-electron chi connectivity index (χ2n) is 5.22. The molecule has 1 aliphatic heterocycles. The second kappa shape index (κ2) is 6.49. The van der Waals surface area contributed by atoms with Crippen LogP contribution in [0.1, 0.15) is 11.1 Å². The lowest BCUT2D eigenvalue weighted by Crippen LogP contribution is -2.24. The molecular formula is C17H19N3O2. The summed E-state index contributed by atoms with van der Waals surface area (Å²) in [4.78, 5) is 12.0. The molecule has 0 atom stereocenters. The van der Waals surface area contributed by atoms with Crippen molar-refractivity contribution < 1.29 is 9.53 Å². The molecule has 5 nitrogen and oxygen atoms in total. The number of hydrogen-bond donors (Lipinski definition) is 3.